The topological polar surface area (TPSA) is 67.3 Å². The Kier molecular flexibility index (Phi) is 1.99. The van der Waals surface area contributed by atoms with E-state index in [1.54, 1.807) is 12.4 Å². The number of rotatable bonds is 2. The number of hydrogen-bond acceptors (Lipinski definition) is 4. The Hall–Kier alpha value is -1.78. The fourth-order valence-electron chi connectivity index (χ4n) is 1.15. The van der Waals surface area contributed by atoms with Crippen LogP contribution < -0.4 is 0 Å². The summed E-state index contributed by atoms with van der Waals surface area (Å²) in [5.74, 6) is 0.855. The number of aromatic amines is 1. The van der Waals surface area contributed by atoms with Crippen LogP contribution in [0, 0.1) is 0 Å². The van der Waals surface area contributed by atoms with Gasteiger partial charge in [-0.05, 0) is 17.7 Å². The number of tetrazole rings is 1. The van der Waals surface area contributed by atoms with Gasteiger partial charge < -0.3 is 0 Å². The zero-order valence-corrected chi connectivity index (χ0v) is 7.18. The van der Waals surface area contributed by atoms with Crippen LogP contribution in [0.3, 0.4) is 0 Å². The predicted octanol–water partition coefficient (Wildman–Crippen LogP) is 0.746. The molecule has 2 aromatic rings. The highest BCUT2D eigenvalue weighted by Gasteiger charge is 2.11. The van der Waals surface area contributed by atoms with E-state index < -0.39 is 0 Å². The molecule has 13 heavy (non-hydrogen) atoms. The van der Waals surface area contributed by atoms with Gasteiger partial charge in [0.05, 0.1) is 0 Å². The largest absolute Gasteiger partial charge is 0.265 e. The van der Waals surface area contributed by atoms with Crippen LogP contribution in [0.25, 0.3) is 0 Å². The van der Waals surface area contributed by atoms with Gasteiger partial charge >= 0.3 is 0 Å². The lowest BCUT2D eigenvalue weighted by Gasteiger charge is -2.04. The number of H-pyrrole nitrogens is 1. The molecule has 2 rings (SSSR count). The summed E-state index contributed by atoms with van der Waals surface area (Å²) in [6, 6.07) is 3.89. The molecule has 0 aliphatic heterocycles. The summed E-state index contributed by atoms with van der Waals surface area (Å²) < 4.78 is 0. The highest BCUT2D eigenvalue weighted by molar-refractivity contribution is 5.20. The summed E-state index contributed by atoms with van der Waals surface area (Å²) in [6.45, 7) is 2.03. The summed E-state index contributed by atoms with van der Waals surface area (Å²) in [7, 11) is 0. The van der Waals surface area contributed by atoms with Crippen LogP contribution in [-0.4, -0.2) is 25.6 Å². The van der Waals surface area contributed by atoms with Crippen molar-refractivity contribution in [1.29, 1.82) is 0 Å². The molecule has 2 heterocycles. The zero-order valence-electron chi connectivity index (χ0n) is 7.18. The smallest absolute Gasteiger partial charge is 0.181 e. The van der Waals surface area contributed by atoms with Crippen molar-refractivity contribution >= 4 is 0 Å². The van der Waals surface area contributed by atoms with Gasteiger partial charge in [0, 0.05) is 18.3 Å². The van der Waals surface area contributed by atoms with Gasteiger partial charge in [0.2, 0.25) is 0 Å². The monoisotopic (exact) mass is 175 g/mol. The molecule has 5 heteroatoms. The third-order valence-corrected chi connectivity index (χ3v) is 1.96. The van der Waals surface area contributed by atoms with Gasteiger partial charge in [-0.3, -0.25) is 4.98 Å². The van der Waals surface area contributed by atoms with Crippen LogP contribution in [0.2, 0.25) is 0 Å². The van der Waals surface area contributed by atoms with E-state index in [0.29, 0.717) is 5.82 Å². The van der Waals surface area contributed by atoms with Crippen molar-refractivity contribution in [2.24, 2.45) is 0 Å². The molecule has 0 fully saturated rings. The standard InChI is InChI=1S/C8H9N5/c1-6(8-10-12-13-11-8)7-2-4-9-5-3-7/h2-6H,1H3,(H,10,11,12,13). The van der Waals surface area contributed by atoms with Crippen molar-refractivity contribution < 1.29 is 0 Å². The van der Waals surface area contributed by atoms with Gasteiger partial charge in [-0.1, -0.05) is 12.1 Å². The average molecular weight is 175 g/mol. The number of nitrogens with one attached hydrogen (secondary N) is 1. The Labute approximate surface area is 75.2 Å². The first-order valence-corrected chi connectivity index (χ1v) is 4.01. The van der Waals surface area contributed by atoms with E-state index in [4.69, 9.17) is 0 Å². The normalized spacial score (nSPS) is 12.7. The van der Waals surface area contributed by atoms with Crippen molar-refractivity contribution in [3.05, 3.63) is 35.9 Å². The van der Waals surface area contributed by atoms with E-state index in [9.17, 15) is 0 Å². The molecule has 5 nitrogen and oxygen atoms in total. The number of pyridine rings is 1. The second kappa shape index (κ2) is 3.30. The van der Waals surface area contributed by atoms with Crippen molar-refractivity contribution in [3.8, 4) is 0 Å². The first-order chi connectivity index (χ1) is 6.38. The predicted molar refractivity (Wildman–Crippen MR) is 45.9 cm³/mol. The minimum absolute atomic E-state index is 0.154. The minimum Gasteiger partial charge on any atom is -0.265 e. The highest BCUT2D eigenvalue weighted by Crippen LogP contribution is 2.18. The average Bonchev–Trinajstić information content (AvgIpc) is 2.71. The van der Waals surface area contributed by atoms with Crippen molar-refractivity contribution in [2.45, 2.75) is 12.8 Å². The van der Waals surface area contributed by atoms with E-state index in [1.165, 1.54) is 0 Å². The molecule has 1 atom stereocenters. The molecule has 0 bridgehead atoms. The summed E-state index contributed by atoms with van der Waals surface area (Å²) in [5.41, 5.74) is 1.14. The van der Waals surface area contributed by atoms with E-state index in [1.807, 2.05) is 19.1 Å². The lowest BCUT2D eigenvalue weighted by Crippen LogP contribution is -1.98. The molecule has 0 amide bonds. The first kappa shape index (κ1) is 7.85. The molecule has 0 saturated heterocycles. The van der Waals surface area contributed by atoms with Crippen LogP contribution in [0.1, 0.15) is 24.2 Å². The van der Waals surface area contributed by atoms with Crippen LogP contribution in [0.4, 0.5) is 0 Å². The Balaban J connectivity index is 2.29. The van der Waals surface area contributed by atoms with Gasteiger partial charge in [-0.15, -0.1) is 10.2 Å². The van der Waals surface area contributed by atoms with Gasteiger partial charge in [0.15, 0.2) is 5.82 Å². The van der Waals surface area contributed by atoms with E-state index in [0.717, 1.165) is 5.56 Å². The van der Waals surface area contributed by atoms with Crippen molar-refractivity contribution in [3.63, 3.8) is 0 Å². The van der Waals surface area contributed by atoms with Crippen LogP contribution >= 0.6 is 0 Å². The van der Waals surface area contributed by atoms with Crippen molar-refractivity contribution in [1.82, 2.24) is 25.6 Å². The van der Waals surface area contributed by atoms with Crippen LogP contribution in [0.15, 0.2) is 24.5 Å². The van der Waals surface area contributed by atoms with Crippen LogP contribution in [0.5, 0.6) is 0 Å². The maximum atomic E-state index is 3.94. The molecule has 0 aromatic carbocycles. The minimum atomic E-state index is 0.154. The summed E-state index contributed by atoms with van der Waals surface area (Å²) in [6.07, 6.45) is 3.51. The van der Waals surface area contributed by atoms with Gasteiger partial charge in [0.1, 0.15) is 0 Å². The maximum absolute atomic E-state index is 3.94. The highest BCUT2D eigenvalue weighted by atomic mass is 15.5. The third kappa shape index (κ3) is 1.53. The molecular formula is C8H9N5. The third-order valence-electron chi connectivity index (χ3n) is 1.96. The number of nitrogens with zero attached hydrogens (tertiary/aromatic N) is 4. The Bertz CT molecular complexity index is 355. The van der Waals surface area contributed by atoms with E-state index in [2.05, 4.69) is 25.6 Å². The fourth-order valence-corrected chi connectivity index (χ4v) is 1.15. The molecule has 0 spiro atoms. The Morgan fingerprint density at radius 3 is 2.69 bits per heavy atom. The summed E-state index contributed by atoms with van der Waals surface area (Å²) >= 11 is 0. The Morgan fingerprint density at radius 2 is 2.08 bits per heavy atom. The SMILES string of the molecule is CC(c1ccncc1)c1nn[nH]n1. The lowest BCUT2D eigenvalue weighted by atomic mass is 10.0. The Morgan fingerprint density at radius 1 is 1.31 bits per heavy atom. The molecule has 2 aromatic heterocycles. The van der Waals surface area contributed by atoms with Crippen molar-refractivity contribution in [2.75, 3.05) is 0 Å². The molecule has 0 radical (unpaired) electrons. The quantitative estimate of drug-likeness (QED) is 0.731. The molecule has 0 aliphatic rings. The summed E-state index contributed by atoms with van der Waals surface area (Å²) in [5, 5.41) is 13.8. The maximum Gasteiger partial charge on any atom is 0.181 e. The number of aromatic nitrogens is 5. The second-order valence-corrected chi connectivity index (χ2v) is 2.77. The molecule has 66 valence electrons. The van der Waals surface area contributed by atoms with E-state index in [-0.39, 0.29) is 5.92 Å². The lowest BCUT2D eigenvalue weighted by molar-refractivity contribution is 0.819. The van der Waals surface area contributed by atoms with Crippen LogP contribution in [-0.2, 0) is 0 Å². The van der Waals surface area contributed by atoms with Gasteiger partial charge in [-0.2, -0.15) is 5.21 Å². The van der Waals surface area contributed by atoms with Gasteiger partial charge in [0.25, 0.3) is 0 Å². The molecular weight excluding hydrogens is 166 g/mol. The number of hydrogen-bond donors (Lipinski definition) is 1. The van der Waals surface area contributed by atoms with Gasteiger partial charge in [-0.25, -0.2) is 0 Å². The van der Waals surface area contributed by atoms with E-state index >= 15 is 0 Å². The molecule has 1 N–H and O–H groups in total. The first-order valence-electron chi connectivity index (χ1n) is 4.01. The zero-order chi connectivity index (χ0) is 9.10. The summed E-state index contributed by atoms with van der Waals surface area (Å²) in [4.78, 5) is 3.94. The molecule has 0 aliphatic carbocycles. The fraction of sp³-hybridized carbons (Fsp3) is 0.250. The molecule has 0 saturated carbocycles. The second-order valence-electron chi connectivity index (χ2n) is 2.77. The molecule has 1 unspecified atom stereocenters.